The van der Waals surface area contributed by atoms with Crippen LogP contribution in [0.4, 0.5) is 0 Å². The van der Waals surface area contributed by atoms with E-state index in [1.165, 1.54) is 19.4 Å². The van der Waals surface area contributed by atoms with E-state index in [4.69, 9.17) is 0 Å². The van der Waals surface area contributed by atoms with Crippen molar-refractivity contribution in [2.45, 2.75) is 12.8 Å². The van der Waals surface area contributed by atoms with Gasteiger partial charge in [-0.15, -0.1) is 12.4 Å². The Balaban J connectivity index is 0. The lowest BCUT2D eigenvalue weighted by molar-refractivity contribution is -0.325. The van der Waals surface area contributed by atoms with Crippen molar-refractivity contribution in [3.8, 4) is 0 Å². The predicted octanol–water partition coefficient (Wildman–Crippen LogP) is 0.359. The minimum absolute atomic E-state index is 0. The summed E-state index contributed by atoms with van der Waals surface area (Å²) in [6.07, 6.45) is 1.76. The third kappa shape index (κ3) is 9.55. The number of carbonyl (C=O) groups is 1. The fourth-order valence-corrected chi connectivity index (χ4v) is 0.640. The molecule has 1 amide bonds. The molecule has 1 aliphatic heterocycles. The van der Waals surface area contributed by atoms with Gasteiger partial charge in [0, 0.05) is 20.0 Å². The first-order valence-corrected chi connectivity index (χ1v) is 3.79. The molecule has 0 aromatic rings. The minimum atomic E-state index is 0. The third-order valence-corrected chi connectivity index (χ3v) is 1.42. The van der Waals surface area contributed by atoms with E-state index in [1.807, 2.05) is 0 Å². The van der Waals surface area contributed by atoms with Crippen molar-refractivity contribution in [2.24, 2.45) is 0 Å². The molecule has 1 fully saturated rings. The predicted molar refractivity (Wildman–Crippen MR) is 51.3 cm³/mol. The van der Waals surface area contributed by atoms with Crippen LogP contribution in [0, 0.1) is 0 Å². The van der Waals surface area contributed by atoms with Crippen LogP contribution in [0.2, 0.25) is 0 Å². The first kappa shape index (κ1) is 15.1. The highest BCUT2D eigenvalue weighted by Gasteiger charge is 2.05. The van der Waals surface area contributed by atoms with Crippen LogP contribution in [-0.4, -0.2) is 38.9 Å². The van der Waals surface area contributed by atoms with Crippen molar-refractivity contribution in [3.05, 3.63) is 0 Å². The highest BCUT2D eigenvalue weighted by Crippen LogP contribution is 1.93. The van der Waals surface area contributed by atoms with Gasteiger partial charge in [0.25, 0.3) is 0 Å². The zero-order valence-electron chi connectivity index (χ0n) is 8.20. The fraction of sp³-hybridized carbons (Fsp3) is 0.857. The van der Waals surface area contributed by atoms with Crippen molar-refractivity contribution >= 4 is 18.3 Å². The number of hydrogen-bond donors (Lipinski definition) is 1. The Morgan fingerprint density at radius 1 is 1.38 bits per heavy atom. The van der Waals surface area contributed by atoms with E-state index in [1.54, 1.807) is 7.05 Å². The molecular formula is C7H17ClN2O3. The van der Waals surface area contributed by atoms with E-state index in [0.717, 1.165) is 19.4 Å². The average Bonchev–Trinajstić information content (AvgIpc) is 2.55. The maximum atomic E-state index is 10.1. The molecule has 13 heavy (non-hydrogen) atoms. The molecule has 0 atom stereocenters. The Morgan fingerprint density at radius 3 is 2.00 bits per heavy atom. The molecule has 1 rings (SSSR count). The summed E-state index contributed by atoms with van der Waals surface area (Å²) >= 11 is 0. The smallest absolute Gasteiger partial charge is 0.220 e. The molecule has 0 spiro atoms. The van der Waals surface area contributed by atoms with Gasteiger partial charge < -0.3 is 5.32 Å². The third-order valence-electron chi connectivity index (χ3n) is 1.42. The van der Waals surface area contributed by atoms with Gasteiger partial charge in [-0.1, -0.05) is 5.23 Å². The van der Waals surface area contributed by atoms with Gasteiger partial charge in [0.05, 0.1) is 14.2 Å². The van der Waals surface area contributed by atoms with Crippen LogP contribution in [0.25, 0.3) is 0 Å². The average molecular weight is 213 g/mol. The largest absolute Gasteiger partial charge is 0.356 e. The Morgan fingerprint density at radius 2 is 1.92 bits per heavy atom. The molecule has 1 aliphatic rings. The molecule has 1 heterocycles. The van der Waals surface area contributed by atoms with Crippen LogP contribution in [0.15, 0.2) is 0 Å². The summed E-state index contributed by atoms with van der Waals surface area (Å²) in [6.45, 7) is 0.888. The number of halogens is 1. The number of hydrogen-bond acceptors (Lipinski definition) is 4. The van der Waals surface area contributed by atoms with Crippen LogP contribution in [-0.2, 0) is 14.5 Å². The summed E-state index contributed by atoms with van der Waals surface area (Å²) in [5.41, 5.74) is 0. The highest BCUT2D eigenvalue weighted by molar-refractivity contribution is 5.85. The lowest BCUT2D eigenvalue weighted by atomic mass is 10.4. The Bertz CT molecular complexity index is 123. The molecule has 1 saturated heterocycles. The highest BCUT2D eigenvalue weighted by atomic mass is 35.5. The molecule has 0 aliphatic carbocycles. The van der Waals surface area contributed by atoms with E-state index in [-0.39, 0.29) is 18.3 Å². The molecule has 80 valence electrons. The summed E-state index contributed by atoms with van der Waals surface area (Å²) in [7, 11) is 4.73. The number of nitrogens with zero attached hydrogens (tertiary/aromatic N) is 1. The molecule has 0 radical (unpaired) electrons. The van der Waals surface area contributed by atoms with Gasteiger partial charge in [-0.25, -0.2) is 0 Å². The summed E-state index contributed by atoms with van der Waals surface area (Å²) in [6, 6.07) is 0. The molecule has 6 heteroatoms. The topological polar surface area (TPSA) is 50.8 Å². The number of amides is 1. The molecule has 0 aromatic carbocycles. The first-order valence-electron chi connectivity index (χ1n) is 3.79. The van der Waals surface area contributed by atoms with Gasteiger partial charge in [0.1, 0.15) is 0 Å². The van der Waals surface area contributed by atoms with E-state index < -0.39 is 0 Å². The Labute approximate surface area is 84.7 Å². The van der Waals surface area contributed by atoms with Crippen LogP contribution >= 0.6 is 12.4 Å². The SMILES string of the molecule is CON(C)OC.Cl.O=C1CCCN1. The van der Waals surface area contributed by atoms with Crippen molar-refractivity contribution in [1.29, 1.82) is 0 Å². The second kappa shape index (κ2) is 9.73. The van der Waals surface area contributed by atoms with Gasteiger partial charge in [-0.05, 0) is 6.42 Å². The van der Waals surface area contributed by atoms with E-state index >= 15 is 0 Å². The zero-order valence-corrected chi connectivity index (χ0v) is 9.02. The van der Waals surface area contributed by atoms with Crippen molar-refractivity contribution in [3.63, 3.8) is 0 Å². The molecule has 0 saturated carbocycles. The number of hydroxylamine groups is 2. The van der Waals surface area contributed by atoms with Crippen molar-refractivity contribution < 1.29 is 14.5 Å². The van der Waals surface area contributed by atoms with E-state index in [2.05, 4.69) is 15.0 Å². The van der Waals surface area contributed by atoms with Crippen molar-refractivity contribution in [2.75, 3.05) is 27.8 Å². The summed E-state index contributed by atoms with van der Waals surface area (Å²) in [4.78, 5) is 19.2. The second-order valence-electron chi connectivity index (χ2n) is 2.26. The Hall–Kier alpha value is -0.360. The molecule has 1 N–H and O–H groups in total. The molecular weight excluding hydrogens is 196 g/mol. The Kier molecular flexibility index (Phi) is 11.3. The van der Waals surface area contributed by atoms with Gasteiger partial charge in [-0.2, -0.15) is 0 Å². The quantitative estimate of drug-likeness (QED) is 0.672. The lowest BCUT2D eigenvalue weighted by Crippen LogP contribution is -2.13. The fourth-order valence-electron chi connectivity index (χ4n) is 0.640. The maximum absolute atomic E-state index is 10.1. The number of nitrogens with one attached hydrogen (secondary N) is 1. The lowest BCUT2D eigenvalue weighted by Gasteiger charge is -2.06. The van der Waals surface area contributed by atoms with E-state index in [0.29, 0.717) is 0 Å². The maximum Gasteiger partial charge on any atom is 0.220 e. The molecule has 5 nitrogen and oxygen atoms in total. The van der Waals surface area contributed by atoms with Crippen LogP contribution in [0.3, 0.4) is 0 Å². The number of carbonyl (C=O) groups excluding carboxylic acids is 1. The van der Waals surface area contributed by atoms with Crippen LogP contribution < -0.4 is 5.32 Å². The zero-order chi connectivity index (χ0) is 9.40. The number of rotatable bonds is 2. The van der Waals surface area contributed by atoms with Crippen LogP contribution in [0.5, 0.6) is 0 Å². The molecule has 0 aromatic heterocycles. The van der Waals surface area contributed by atoms with Gasteiger partial charge >= 0.3 is 0 Å². The first-order chi connectivity index (χ1) is 5.70. The summed E-state index contributed by atoms with van der Waals surface area (Å²) < 4.78 is 0. The minimum Gasteiger partial charge on any atom is -0.356 e. The second-order valence-corrected chi connectivity index (χ2v) is 2.26. The monoisotopic (exact) mass is 212 g/mol. The summed E-state index contributed by atoms with van der Waals surface area (Å²) in [5, 5.41) is 3.93. The van der Waals surface area contributed by atoms with Gasteiger partial charge in [0.15, 0.2) is 0 Å². The van der Waals surface area contributed by atoms with E-state index in [9.17, 15) is 4.79 Å². The van der Waals surface area contributed by atoms with Crippen molar-refractivity contribution in [1.82, 2.24) is 10.5 Å². The molecule has 0 unspecified atom stereocenters. The van der Waals surface area contributed by atoms with Gasteiger partial charge in [0.2, 0.25) is 5.91 Å². The summed E-state index contributed by atoms with van der Waals surface area (Å²) in [5.74, 6) is 0.204. The molecule has 0 bridgehead atoms. The van der Waals surface area contributed by atoms with Gasteiger partial charge in [-0.3, -0.25) is 14.5 Å². The van der Waals surface area contributed by atoms with Crippen LogP contribution in [0.1, 0.15) is 12.8 Å². The standard InChI is InChI=1S/C4H7NO.C3H9NO2.ClH/c6-4-2-1-3-5-4;1-4(5-2)6-3;/h1-3H2,(H,5,6);1-3H3;1H. The normalized spacial score (nSPS) is 14.3.